The van der Waals surface area contributed by atoms with Crippen LogP contribution in [0, 0.1) is 5.82 Å². The Hall–Kier alpha value is -3.30. The van der Waals surface area contributed by atoms with Crippen molar-refractivity contribution in [2.45, 2.75) is 19.4 Å². The number of carbonyl (C=O) groups excluding carboxylic acids is 2. The molecule has 0 bridgehead atoms. The molecule has 0 aliphatic rings. The number of ether oxygens (including phenoxy) is 2. The van der Waals surface area contributed by atoms with Gasteiger partial charge in [0, 0.05) is 5.56 Å². The van der Waals surface area contributed by atoms with Crippen molar-refractivity contribution in [3.05, 3.63) is 59.9 Å². The molecular formula is C17H14F4N2O4. The summed E-state index contributed by atoms with van der Waals surface area (Å²) in [4.78, 5) is 23.8. The van der Waals surface area contributed by atoms with E-state index in [2.05, 4.69) is 15.6 Å². The minimum atomic E-state index is -4.83. The van der Waals surface area contributed by atoms with Gasteiger partial charge in [0.25, 0.3) is 11.8 Å². The summed E-state index contributed by atoms with van der Waals surface area (Å²) in [6.45, 7) is 1.41. The van der Waals surface area contributed by atoms with Gasteiger partial charge in [0.15, 0.2) is 6.10 Å². The maximum absolute atomic E-state index is 12.8. The first-order valence-electron chi connectivity index (χ1n) is 7.52. The van der Waals surface area contributed by atoms with E-state index in [1.807, 2.05) is 0 Å². The molecule has 0 aliphatic carbocycles. The number of nitrogens with one attached hydrogen (secondary N) is 2. The molecule has 144 valence electrons. The van der Waals surface area contributed by atoms with E-state index in [9.17, 15) is 27.2 Å². The third-order valence-corrected chi connectivity index (χ3v) is 3.15. The predicted molar refractivity (Wildman–Crippen MR) is 85.2 cm³/mol. The zero-order valence-electron chi connectivity index (χ0n) is 13.8. The Morgan fingerprint density at radius 1 is 0.926 bits per heavy atom. The van der Waals surface area contributed by atoms with E-state index in [1.165, 1.54) is 19.1 Å². The van der Waals surface area contributed by atoms with Gasteiger partial charge in [-0.1, -0.05) is 0 Å². The molecule has 2 N–H and O–H groups in total. The molecule has 2 amide bonds. The Morgan fingerprint density at radius 3 is 2.04 bits per heavy atom. The van der Waals surface area contributed by atoms with Gasteiger partial charge in [0.05, 0.1) is 0 Å². The molecule has 2 aromatic rings. The molecule has 0 aliphatic heterocycles. The lowest BCUT2D eigenvalue weighted by Crippen LogP contribution is -2.47. The van der Waals surface area contributed by atoms with Crippen LogP contribution in [0.15, 0.2) is 48.5 Å². The van der Waals surface area contributed by atoms with Crippen LogP contribution >= 0.6 is 0 Å². The molecule has 0 unspecified atom stereocenters. The minimum absolute atomic E-state index is 0.00284. The Bertz CT molecular complexity index is 792. The van der Waals surface area contributed by atoms with Gasteiger partial charge in [-0.15, -0.1) is 13.2 Å². The standard InChI is InChI=1S/C17H14F4N2O4/c1-10(26-13-8-4-12(18)5-9-13)15(24)22-23-16(25)11-2-6-14(7-3-11)27-17(19,20)21/h2-10H,1H3,(H,22,24)(H,23,25)/t10-/m1/s1. The molecule has 0 spiro atoms. The monoisotopic (exact) mass is 386 g/mol. The number of carbonyl (C=O) groups is 2. The summed E-state index contributed by atoms with van der Waals surface area (Å²) in [7, 11) is 0. The fourth-order valence-electron chi connectivity index (χ4n) is 1.87. The van der Waals surface area contributed by atoms with Gasteiger partial charge < -0.3 is 9.47 Å². The maximum Gasteiger partial charge on any atom is 0.573 e. The van der Waals surface area contributed by atoms with Crippen LogP contribution in [0.2, 0.25) is 0 Å². The third-order valence-electron chi connectivity index (χ3n) is 3.15. The highest BCUT2D eigenvalue weighted by atomic mass is 19.4. The first-order valence-corrected chi connectivity index (χ1v) is 7.52. The first-order chi connectivity index (χ1) is 12.6. The zero-order chi connectivity index (χ0) is 20.0. The van der Waals surface area contributed by atoms with Gasteiger partial charge in [-0.25, -0.2) is 4.39 Å². The maximum atomic E-state index is 12.8. The van der Waals surface area contributed by atoms with Crippen molar-refractivity contribution in [2.24, 2.45) is 0 Å². The van der Waals surface area contributed by atoms with E-state index in [-0.39, 0.29) is 11.3 Å². The van der Waals surface area contributed by atoms with E-state index in [4.69, 9.17) is 4.74 Å². The molecule has 0 saturated carbocycles. The van der Waals surface area contributed by atoms with Crippen molar-refractivity contribution in [3.8, 4) is 11.5 Å². The highest BCUT2D eigenvalue weighted by Crippen LogP contribution is 2.22. The number of hydrogen-bond acceptors (Lipinski definition) is 4. The summed E-state index contributed by atoms with van der Waals surface area (Å²) in [5.74, 6) is -2.13. The van der Waals surface area contributed by atoms with Crippen molar-refractivity contribution >= 4 is 11.8 Å². The molecule has 0 saturated heterocycles. The van der Waals surface area contributed by atoms with E-state index >= 15 is 0 Å². The van der Waals surface area contributed by atoms with Gasteiger partial charge in [-0.3, -0.25) is 20.4 Å². The molecule has 6 nitrogen and oxygen atoms in total. The Balaban J connectivity index is 1.85. The van der Waals surface area contributed by atoms with Gasteiger partial charge in [0.2, 0.25) is 0 Å². The molecule has 10 heteroatoms. The average molecular weight is 386 g/mol. The summed E-state index contributed by atoms with van der Waals surface area (Å²) in [5.41, 5.74) is 4.21. The predicted octanol–water partition coefficient (Wildman–Crippen LogP) is 2.95. The van der Waals surface area contributed by atoms with Crippen molar-refractivity contribution in [1.82, 2.24) is 10.9 Å². The lowest BCUT2D eigenvalue weighted by Gasteiger charge is -2.15. The van der Waals surface area contributed by atoms with Crippen LogP contribution in [0.1, 0.15) is 17.3 Å². The lowest BCUT2D eigenvalue weighted by molar-refractivity contribution is -0.274. The van der Waals surface area contributed by atoms with Crippen molar-refractivity contribution in [2.75, 3.05) is 0 Å². The van der Waals surface area contributed by atoms with Crippen LogP contribution in [0.4, 0.5) is 17.6 Å². The molecule has 0 fully saturated rings. The van der Waals surface area contributed by atoms with Gasteiger partial charge in [-0.05, 0) is 55.5 Å². The fraction of sp³-hybridized carbons (Fsp3) is 0.176. The number of rotatable bonds is 5. The molecule has 0 heterocycles. The first kappa shape index (κ1) is 20.0. The summed E-state index contributed by atoms with van der Waals surface area (Å²) in [6, 6.07) is 9.11. The summed E-state index contributed by atoms with van der Waals surface area (Å²) < 4.78 is 58.0. The van der Waals surface area contributed by atoms with Crippen molar-refractivity contribution in [1.29, 1.82) is 0 Å². The second-order valence-electron chi connectivity index (χ2n) is 5.23. The molecule has 2 aromatic carbocycles. The van der Waals surface area contributed by atoms with Crippen LogP contribution in [0.5, 0.6) is 11.5 Å². The normalized spacial score (nSPS) is 12.0. The third kappa shape index (κ3) is 6.49. The van der Waals surface area contributed by atoms with Crippen LogP contribution in [-0.4, -0.2) is 24.3 Å². The number of benzene rings is 2. The smallest absolute Gasteiger partial charge is 0.481 e. The lowest BCUT2D eigenvalue weighted by atomic mass is 10.2. The highest BCUT2D eigenvalue weighted by molar-refractivity contribution is 5.95. The zero-order valence-corrected chi connectivity index (χ0v) is 13.8. The molecule has 27 heavy (non-hydrogen) atoms. The van der Waals surface area contributed by atoms with Gasteiger partial charge >= 0.3 is 6.36 Å². The Morgan fingerprint density at radius 2 is 1.48 bits per heavy atom. The topological polar surface area (TPSA) is 76.7 Å². The number of halogens is 4. The summed E-state index contributed by atoms with van der Waals surface area (Å²) in [5, 5.41) is 0. The number of hydrogen-bond donors (Lipinski definition) is 2. The van der Waals surface area contributed by atoms with Crippen LogP contribution in [0.3, 0.4) is 0 Å². The Labute approximate surface area is 151 Å². The van der Waals surface area contributed by atoms with E-state index in [1.54, 1.807) is 0 Å². The van der Waals surface area contributed by atoms with Crippen LogP contribution < -0.4 is 20.3 Å². The number of alkyl halides is 3. The minimum Gasteiger partial charge on any atom is -0.481 e. The largest absolute Gasteiger partial charge is 0.573 e. The van der Waals surface area contributed by atoms with E-state index in [0.717, 1.165) is 36.4 Å². The Kier molecular flexibility index (Phi) is 6.22. The van der Waals surface area contributed by atoms with E-state index < -0.39 is 35.8 Å². The molecule has 0 radical (unpaired) electrons. The van der Waals surface area contributed by atoms with Crippen LogP contribution in [-0.2, 0) is 4.79 Å². The quantitative estimate of drug-likeness (QED) is 0.612. The summed E-state index contributed by atoms with van der Waals surface area (Å²) in [6.07, 6.45) is -5.84. The van der Waals surface area contributed by atoms with Crippen molar-refractivity contribution in [3.63, 3.8) is 0 Å². The molecule has 1 atom stereocenters. The molecule has 2 rings (SSSR count). The second kappa shape index (κ2) is 8.39. The summed E-state index contributed by atoms with van der Waals surface area (Å²) >= 11 is 0. The highest BCUT2D eigenvalue weighted by Gasteiger charge is 2.31. The van der Waals surface area contributed by atoms with Crippen LogP contribution in [0.25, 0.3) is 0 Å². The van der Waals surface area contributed by atoms with Gasteiger partial charge in [-0.2, -0.15) is 0 Å². The van der Waals surface area contributed by atoms with Crippen molar-refractivity contribution < 1.29 is 36.6 Å². The average Bonchev–Trinajstić information content (AvgIpc) is 2.60. The van der Waals surface area contributed by atoms with Gasteiger partial charge in [0.1, 0.15) is 17.3 Å². The number of hydrazine groups is 1. The number of amides is 2. The fourth-order valence-corrected chi connectivity index (χ4v) is 1.87. The van der Waals surface area contributed by atoms with E-state index in [0.29, 0.717) is 0 Å². The molecular weight excluding hydrogens is 372 g/mol. The molecule has 0 aromatic heterocycles. The SMILES string of the molecule is C[C@@H](Oc1ccc(F)cc1)C(=O)NNC(=O)c1ccc(OC(F)(F)F)cc1. The second-order valence-corrected chi connectivity index (χ2v) is 5.23.